The molecule has 1 saturated heterocycles. The van der Waals surface area contributed by atoms with Crippen LogP contribution >= 0.6 is 0 Å². The molecule has 2 unspecified atom stereocenters. The molecule has 1 heterocycles. The minimum absolute atomic E-state index is 0.00635. The number of methoxy groups -OCH3 is 1. The molecule has 1 aromatic rings. The van der Waals surface area contributed by atoms with Gasteiger partial charge in [0.2, 0.25) is 5.91 Å². The van der Waals surface area contributed by atoms with Crippen LogP contribution in [0.4, 0.5) is 5.69 Å². The van der Waals surface area contributed by atoms with Gasteiger partial charge in [0.25, 0.3) is 0 Å². The maximum absolute atomic E-state index is 12.1. The van der Waals surface area contributed by atoms with Gasteiger partial charge in [0.05, 0.1) is 26.2 Å². The molecular weight excluding hydrogens is 248 g/mol. The highest BCUT2D eigenvalue weighted by atomic mass is 16.5. The lowest BCUT2D eigenvalue weighted by Crippen LogP contribution is -2.39. The lowest BCUT2D eigenvalue weighted by atomic mass is 10.0. The standard InChI is InChI=1S/C13H18N2O4/c1-14-10-7-19-6-9(10)13(17)15-8-3-4-12(18-2)11(16)5-8/h3-5,9-10,14,16H,6-7H2,1-2H3,(H,15,17). The van der Waals surface area contributed by atoms with Crippen molar-refractivity contribution in [1.29, 1.82) is 0 Å². The van der Waals surface area contributed by atoms with E-state index in [2.05, 4.69) is 10.6 Å². The molecule has 6 heteroatoms. The zero-order valence-corrected chi connectivity index (χ0v) is 11.0. The van der Waals surface area contributed by atoms with Crippen molar-refractivity contribution >= 4 is 11.6 Å². The van der Waals surface area contributed by atoms with E-state index in [0.29, 0.717) is 24.7 Å². The summed E-state index contributed by atoms with van der Waals surface area (Å²) in [5.74, 6) is 0.0131. The topological polar surface area (TPSA) is 79.8 Å². The number of benzene rings is 1. The fraction of sp³-hybridized carbons (Fsp3) is 0.462. The average Bonchev–Trinajstić information content (AvgIpc) is 2.87. The Morgan fingerprint density at radius 1 is 1.47 bits per heavy atom. The Bertz CT molecular complexity index is 464. The molecular formula is C13H18N2O4. The third kappa shape index (κ3) is 2.97. The summed E-state index contributed by atoms with van der Waals surface area (Å²) in [7, 11) is 3.28. The third-order valence-corrected chi connectivity index (χ3v) is 3.23. The number of rotatable bonds is 4. The molecule has 1 aliphatic rings. The second-order valence-electron chi connectivity index (χ2n) is 4.41. The number of aromatic hydroxyl groups is 1. The van der Waals surface area contributed by atoms with E-state index in [1.165, 1.54) is 13.2 Å². The highest BCUT2D eigenvalue weighted by Crippen LogP contribution is 2.29. The molecule has 0 aliphatic carbocycles. The van der Waals surface area contributed by atoms with Gasteiger partial charge in [-0.2, -0.15) is 0 Å². The summed E-state index contributed by atoms with van der Waals surface area (Å²) in [4.78, 5) is 12.1. The summed E-state index contributed by atoms with van der Waals surface area (Å²) in [5, 5.41) is 15.5. The van der Waals surface area contributed by atoms with Gasteiger partial charge in [-0.05, 0) is 19.2 Å². The lowest BCUT2D eigenvalue weighted by molar-refractivity contribution is -0.120. The molecule has 1 aliphatic heterocycles. The summed E-state index contributed by atoms with van der Waals surface area (Å²) >= 11 is 0. The van der Waals surface area contributed by atoms with E-state index in [0.717, 1.165) is 0 Å². The van der Waals surface area contributed by atoms with Crippen LogP contribution in [0.25, 0.3) is 0 Å². The molecule has 1 fully saturated rings. The first kappa shape index (κ1) is 13.6. The number of carbonyl (C=O) groups is 1. The first-order valence-electron chi connectivity index (χ1n) is 6.08. The fourth-order valence-corrected chi connectivity index (χ4v) is 2.10. The molecule has 0 bridgehead atoms. The van der Waals surface area contributed by atoms with Crippen molar-refractivity contribution in [3.8, 4) is 11.5 Å². The number of hydrogen-bond acceptors (Lipinski definition) is 5. The zero-order chi connectivity index (χ0) is 13.8. The van der Waals surface area contributed by atoms with Crippen LogP contribution in [0.5, 0.6) is 11.5 Å². The van der Waals surface area contributed by atoms with Crippen LogP contribution < -0.4 is 15.4 Å². The van der Waals surface area contributed by atoms with E-state index in [1.807, 2.05) is 0 Å². The highest BCUT2D eigenvalue weighted by Gasteiger charge is 2.32. The van der Waals surface area contributed by atoms with Gasteiger partial charge in [-0.3, -0.25) is 4.79 Å². The van der Waals surface area contributed by atoms with E-state index < -0.39 is 0 Å². The first-order valence-corrected chi connectivity index (χ1v) is 6.08. The van der Waals surface area contributed by atoms with Crippen LogP contribution in [0.1, 0.15) is 0 Å². The average molecular weight is 266 g/mol. The summed E-state index contributed by atoms with van der Waals surface area (Å²) < 4.78 is 10.2. The molecule has 0 spiro atoms. The number of carbonyl (C=O) groups excluding carboxylic acids is 1. The predicted octanol–water partition coefficient (Wildman–Crippen LogP) is 0.574. The van der Waals surface area contributed by atoms with E-state index in [-0.39, 0.29) is 23.6 Å². The van der Waals surface area contributed by atoms with Crippen molar-refractivity contribution in [2.75, 3.05) is 32.7 Å². The molecule has 2 atom stereocenters. The van der Waals surface area contributed by atoms with Crippen molar-refractivity contribution in [2.24, 2.45) is 5.92 Å². The lowest BCUT2D eigenvalue weighted by Gasteiger charge is -2.16. The summed E-state index contributed by atoms with van der Waals surface area (Å²) in [6.45, 7) is 0.932. The SMILES string of the molecule is CNC1COCC1C(=O)Nc1ccc(OC)c(O)c1. The number of phenolic OH excluding ortho intramolecular Hbond substituents is 1. The van der Waals surface area contributed by atoms with Crippen molar-refractivity contribution in [3.05, 3.63) is 18.2 Å². The summed E-state index contributed by atoms with van der Waals surface area (Å²) in [6, 6.07) is 4.76. The Kier molecular flexibility index (Phi) is 4.24. The van der Waals surface area contributed by atoms with Crippen LogP contribution in [0.15, 0.2) is 18.2 Å². The Hall–Kier alpha value is -1.79. The van der Waals surface area contributed by atoms with Crippen LogP contribution in [0.2, 0.25) is 0 Å². The van der Waals surface area contributed by atoms with Gasteiger partial charge >= 0.3 is 0 Å². The van der Waals surface area contributed by atoms with E-state index in [9.17, 15) is 9.90 Å². The molecule has 0 radical (unpaired) electrons. The number of hydrogen-bond donors (Lipinski definition) is 3. The monoisotopic (exact) mass is 266 g/mol. The highest BCUT2D eigenvalue weighted by molar-refractivity contribution is 5.93. The Balaban J connectivity index is 2.04. The molecule has 1 aromatic carbocycles. The van der Waals surface area contributed by atoms with Crippen molar-refractivity contribution in [1.82, 2.24) is 5.32 Å². The smallest absolute Gasteiger partial charge is 0.231 e. The molecule has 2 rings (SSSR count). The second-order valence-corrected chi connectivity index (χ2v) is 4.41. The molecule has 1 amide bonds. The van der Waals surface area contributed by atoms with Crippen molar-refractivity contribution in [2.45, 2.75) is 6.04 Å². The summed E-state index contributed by atoms with van der Waals surface area (Å²) in [6.07, 6.45) is 0. The van der Waals surface area contributed by atoms with E-state index in [4.69, 9.17) is 9.47 Å². The van der Waals surface area contributed by atoms with E-state index in [1.54, 1.807) is 19.2 Å². The minimum atomic E-state index is -0.228. The Labute approximate surface area is 111 Å². The van der Waals surface area contributed by atoms with Gasteiger partial charge in [-0.1, -0.05) is 0 Å². The third-order valence-electron chi connectivity index (χ3n) is 3.23. The largest absolute Gasteiger partial charge is 0.504 e. The molecule has 0 aromatic heterocycles. The maximum atomic E-state index is 12.1. The summed E-state index contributed by atoms with van der Waals surface area (Å²) in [5.41, 5.74) is 0.532. The van der Waals surface area contributed by atoms with Gasteiger partial charge in [-0.15, -0.1) is 0 Å². The van der Waals surface area contributed by atoms with Gasteiger partial charge in [0.1, 0.15) is 0 Å². The molecule has 0 saturated carbocycles. The molecule has 6 nitrogen and oxygen atoms in total. The number of amides is 1. The van der Waals surface area contributed by atoms with Crippen LogP contribution in [-0.4, -0.2) is 44.4 Å². The number of ether oxygens (including phenoxy) is 2. The minimum Gasteiger partial charge on any atom is -0.504 e. The number of anilines is 1. The molecule has 3 N–H and O–H groups in total. The fourth-order valence-electron chi connectivity index (χ4n) is 2.10. The number of likely N-dealkylation sites (N-methyl/N-ethyl adjacent to an activating group) is 1. The van der Waals surface area contributed by atoms with Gasteiger partial charge in [0, 0.05) is 17.8 Å². The quantitative estimate of drug-likeness (QED) is 0.742. The Morgan fingerprint density at radius 3 is 2.89 bits per heavy atom. The zero-order valence-electron chi connectivity index (χ0n) is 11.0. The number of phenols is 1. The van der Waals surface area contributed by atoms with Gasteiger partial charge < -0.3 is 25.2 Å². The second kappa shape index (κ2) is 5.90. The van der Waals surface area contributed by atoms with Gasteiger partial charge in [0.15, 0.2) is 11.5 Å². The predicted molar refractivity (Wildman–Crippen MR) is 70.4 cm³/mol. The van der Waals surface area contributed by atoms with Crippen molar-refractivity contribution < 1.29 is 19.4 Å². The maximum Gasteiger partial charge on any atom is 0.231 e. The number of nitrogens with one attached hydrogen (secondary N) is 2. The van der Waals surface area contributed by atoms with Crippen LogP contribution in [-0.2, 0) is 9.53 Å². The molecule has 19 heavy (non-hydrogen) atoms. The van der Waals surface area contributed by atoms with Crippen molar-refractivity contribution in [3.63, 3.8) is 0 Å². The van der Waals surface area contributed by atoms with Gasteiger partial charge in [-0.25, -0.2) is 0 Å². The van der Waals surface area contributed by atoms with Crippen LogP contribution in [0.3, 0.4) is 0 Å². The van der Waals surface area contributed by atoms with E-state index >= 15 is 0 Å². The normalized spacial score (nSPS) is 22.2. The van der Waals surface area contributed by atoms with Crippen LogP contribution in [0, 0.1) is 5.92 Å². The Morgan fingerprint density at radius 2 is 2.26 bits per heavy atom. The molecule has 104 valence electrons. The first-order chi connectivity index (χ1) is 9.15.